The number of hydrogen-bond donors (Lipinski definition) is 1. The van der Waals surface area contributed by atoms with E-state index in [0.717, 1.165) is 5.70 Å². The summed E-state index contributed by atoms with van der Waals surface area (Å²) in [4.78, 5) is 11.4. The first-order chi connectivity index (χ1) is 8.06. The highest BCUT2D eigenvalue weighted by Gasteiger charge is 2.10. The van der Waals surface area contributed by atoms with Crippen molar-refractivity contribution < 1.29 is 9.53 Å². The molecule has 0 saturated heterocycles. The molecule has 3 nitrogen and oxygen atoms in total. The molecular formula is C14H19NO2. The maximum absolute atomic E-state index is 11.4. The zero-order valence-electron chi connectivity index (χ0n) is 10.8. The number of esters is 1. The Bertz CT molecular complexity index is 409. The van der Waals surface area contributed by atoms with Gasteiger partial charge >= 0.3 is 5.97 Å². The van der Waals surface area contributed by atoms with Crippen molar-refractivity contribution in [3.05, 3.63) is 47.2 Å². The quantitative estimate of drug-likeness (QED) is 0.642. The minimum atomic E-state index is -0.296. The maximum Gasteiger partial charge on any atom is 0.335 e. The lowest BCUT2D eigenvalue weighted by molar-refractivity contribution is -0.136. The van der Waals surface area contributed by atoms with Crippen molar-refractivity contribution in [1.82, 2.24) is 5.32 Å². The monoisotopic (exact) mass is 233 g/mol. The molecule has 0 amide bonds. The van der Waals surface area contributed by atoms with Gasteiger partial charge in [0.25, 0.3) is 0 Å². The number of benzene rings is 1. The third-order valence-corrected chi connectivity index (χ3v) is 2.79. The fourth-order valence-electron chi connectivity index (χ4n) is 1.56. The van der Waals surface area contributed by atoms with Crippen LogP contribution in [0.15, 0.2) is 41.6 Å². The molecule has 1 aromatic carbocycles. The van der Waals surface area contributed by atoms with Crippen molar-refractivity contribution in [1.29, 1.82) is 0 Å². The summed E-state index contributed by atoms with van der Waals surface area (Å²) in [5.41, 5.74) is 2.63. The molecule has 1 atom stereocenters. The summed E-state index contributed by atoms with van der Waals surface area (Å²) in [5, 5.41) is 3.29. The first-order valence-electron chi connectivity index (χ1n) is 5.63. The highest BCUT2D eigenvalue weighted by molar-refractivity contribution is 5.88. The molecule has 3 heteroatoms. The van der Waals surface area contributed by atoms with E-state index in [2.05, 4.69) is 29.1 Å². The third kappa shape index (κ3) is 3.63. The Balaban J connectivity index is 2.75. The van der Waals surface area contributed by atoms with Gasteiger partial charge in [0.05, 0.1) is 12.7 Å². The lowest BCUT2D eigenvalue weighted by Crippen LogP contribution is -2.19. The van der Waals surface area contributed by atoms with Gasteiger partial charge in [0, 0.05) is 11.7 Å². The van der Waals surface area contributed by atoms with Crippen molar-refractivity contribution in [3.63, 3.8) is 0 Å². The summed E-state index contributed by atoms with van der Waals surface area (Å²) in [7, 11) is 1.39. The van der Waals surface area contributed by atoms with Crippen molar-refractivity contribution in [3.8, 4) is 0 Å². The molecule has 1 N–H and O–H groups in total. The highest BCUT2D eigenvalue weighted by Crippen LogP contribution is 2.14. The van der Waals surface area contributed by atoms with Crippen LogP contribution in [0.5, 0.6) is 0 Å². The molecule has 0 bridgehead atoms. The Hall–Kier alpha value is -1.77. The van der Waals surface area contributed by atoms with Gasteiger partial charge in [-0.1, -0.05) is 30.3 Å². The fourth-order valence-corrected chi connectivity index (χ4v) is 1.56. The van der Waals surface area contributed by atoms with Crippen LogP contribution in [-0.4, -0.2) is 13.1 Å². The molecule has 92 valence electrons. The first-order valence-corrected chi connectivity index (χ1v) is 5.63. The molecule has 0 saturated carbocycles. The molecule has 0 radical (unpaired) electrons. The van der Waals surface area contributed by atoms with Gasteiger partial charge in [-0.25, -0.2) is 4.79 Å². The lowest BCUT2D eigenvalue weighted by atomic mass is 10.1. The third-order valence-electron chi connectivity index (χ3n) is 2.79. The van der Waals surface area contributed by atoms with Crippen molar-refractivity contribution in [2.75, 3.05) is 7.11 Å². The number of nitrogens with one attached hydrogen (secondary N) is 1. The van der Waals surface area contributed by atoms with E-state index >= 15 is 0 Å². The lowest BCUT2D eigenvalue weighted by Gasteiger charge is -2.17. The molecule has 0 aliphatic heterocycles. The number of carbonyl (C=O) groups excluding carboxylic acids is 1. The SMILES string of the molecule is COC(=O)/C(C)=C(\C)NC(C)c1ccccc1. The maximum atomic E-state index is 11.4. The summed E-state index contributed by atoms with van der Waals surface area (Å²) in [6.45, 7) is 5.70. The van der Waals surface area contributed by atoms with Gasteiger partial charge in [0.1, 0.15) is 0 Å². The van der Waals surface area contributed by atoms with E-state index in [1.165, 1.54) is 12.7 Å². The number of rotatable bonds is 4. The molecule has 0 aromatic heterocycles. The molecule has 0 aliphatic carbocycles. The van der Waals surface area contributed by atoms with E-state index in [9.17, 15) is 4.79 Å². The summed E-state index contributed by atoms with van der Waals surface area (Å²) < 4.78 is 4.68. The van der Waals surface area contributed by atoms with Crippen LogP contribution in [0, 0.1) is 0 Å². The van der Waals surface area contributed by atoms with Crippen LogP contribution < -0.4 is 5.32 Å². The summed E-state index contributed by atoms with van der Waals surface area (Å²) in [6, 6.07) is 10.3. The van der Waals surface area contributed by atoms with E-state index in [0.29, 0.717) is 5.57 Å². The number of carbonyl (C=O) groups is 1. The van der Waals surface area contributed by atoms with Gasteiger partial charge in [-0.05, 0) is 26.3 Å². The van der Waals surface area contributed by atoms with Gasteiger partial charge in [0.15, 0.2) is 0 Å². The Kier molecular flexibility index (Phi) is 4.76. The molecule has 1 rings (SSSR count). The second-order valence-corrected chi connectivity index (χ2v) is 4.02. The average Bonchev–Trinajstić information content (AvgIpc) is 2.37. The number of hydrogen-bond acceptors (Lipinski definition) is 3. The van der Waals surface area contributed by atoms with Gasteiger partial charge in [-0.3, -0.25) is 0 Å². The van der Waals surface area contributed by atoms with Gasteiger partial charge < -0.3 is 10.1 Å². The van der Waals surface area contributed by atoms with Gasteiger partial charge in [0.2, 0.25) is 0 Å². The predicted molar refractivity (Wildman–Crippen MR) is 68.4 cm³/mol. The molecule has 0 aliphatic rings. The zero-order valence-corrected chi connectivity index (χ0v) is 10.8. The molecular weight excluding hydrogens is 214 g/mol. The second-order valence-electron chi connectivity index (χ2n) is 4.02. The summed E-state index contributed by atoms with van der Waals surface area (Å²) in [6.07, 6.45) is 0. The van der Waals surface area contributed by atoms with Crippen molar-refractivity contribution >= 4 is 5.97 Å². The van der Waals surface area contributed by atoms with Crippen LogP contribution in [0.4, 0.5) is 0 Å². The van der Waals surface area contributed by atoms with E-state index in [-0.39, 0.29) is 12.0 Å². The molecule has 1 unspecified atom stereocenters. The second kappa shape index (κ2) is 6.09. The van der Waals surface area contributed by atoms with Crippen LogP contribution in [0.25, 0.3) is 0 Å². The van der Waals surface area contributed by atoms with E-state index < -0.39 is 0 Å². The molecule has 1 aromatic rings. The minimum absolute atomic E-state index is 0.163. The van der Waals surface area contributed by atoms with E-state index in [1.54, 1.807) is 6.92 Å². The van der Waals surface area contributed by atoms with Crippen LogP contribution >= 0.6 is 0 Å². The summed E-state index contributed by atoms with van der Waals surface area (Å²) >= 11 is 0. The Labute approximate surface area is 102 Å². The standard InChI is InChI=1S/C14H19NO2/c1-10(14(16)17-4)11(2)15-12(3)13-8-6-5-7-9-13/h5-9,12,15H,1-4H3/b11-10+. The van der Waals surface area contributed by atoms with Crippen LogP contribution in [-0.2, 0) is 9.53 Å². The van der Waals surface area contributed by atoms with Crippen LogP contribution in [0.1, 0.15) is 32.4 Å². The van der Waals surface area contributed by atoms with E-state index in [4.69, 9.17) is 0 Å². The number of ether oxygens (including phenoxy) is 1. The smallest absolute Gasteiger partial charge is 0.335 e. The topological polar surface area (TPSA) is 38.3 Å². The molecule has 0 fully saturated rings. The van der Waals surface area contributed by atoms with E-state index in [1.807, 2.05) is 25.1 Å². The summed E-state index contributed by atoms with van der Waals surface area (Å²) in [5.74, 6) is -0.296. The van der Waals surface area contributed by atoms with Crippen molar-refractivity contribution in [2.24, 2.45) is 0 Å². The fraction of sp³-hybridized carbons (Fsp3) is 0.357. The van der Waals surface area contributed by atoms with Crippen molar-refractivity contribution in [2.45, 2.75) is 26.8 Å². The van der Waals surface area contributed by atoms with Crippen LogP contribution in [0.3, 0.4) is 0 Å². The predicted octanol–water partition coefficient (Wildman–Crippen LogP) is 2.80. The van der Waals surface area contributed by atoms with Gasteiger partial charge in [-0.2, -0.15) is 0 Å². The van der Waals surface area contributed by atoms with Gasteiger partial charge in [-0.15, -0.1) is 0 Å². The molecule has 0 spiro atoms. The molecule has 17 heavy (non-hydrogen) atoms. The highest BCUT2D eigenvalue weighted by atomic mass is 16.5. The zero-order chi connectivity index (χ0) is 12.8. The largest absolute Gasteiger partial charge is 0.466 e. The average molecular weight is 233 g/mol. The minimum Gasteiger partial charge on any atom is -0.466 e. The normalized spacial score (nSPS) is 13.6. The number of allylic oxidation sites excluding steroid dienone is 1. The Morgan fingerprint density at radius 2 is 1.82 bits per heavy atom. The molecule has 0 heterocycles. The number of methoxy groups -OCH3 is 1. The Morgan fingerprint density at radius 3 is 2.35 bits per heavy atom. The van der Waals surface area contributed by atoms with Crippen LogP contribution in [0.2, 0.25) is 0 Å². The first kappa shape index (κ1) is 13.3. The Morgan fingerprint density at radius 1 is 1.24 bits per heavy atom.